The quantitative estimate of drug-likeness (QED) is 0.439. The lowest BCUT2D eigenvalue weighted by Crippen LogP contribution is -2.41. The number of rotatable bonds is 7. The number of hydrogen-bond donors (Lipinski definition) is 2. The highest BCUT2D eigenvalue weighted by molar-refractivity contribution is 7.90. The monoisotopic (exact) mass is 552 g/mol. The zero-order valence-corrected chi connectivity index (χ0v) is 24.0. The molecule has 0 radical (unpaired) electrons. The van der Waals surface area contributed by atoms with E-state index in [1.165, 1.54) is 18.2 Å². The smallest absolute Gasteiger partial charge is 0.281 e. The third kappa shape index (κ3) is 6.65. The largest absolute Gasteiger partial charge is 0.477 e. The second-order valence-electron chi connectivity index (χ2n) is 11.9. The van der Waals surface area contributed by atoms with Crippen LogP contribution in [0.15, 0.2) is 53.7 Å². The van der Waals surface area contributed by atoms with Gasteiger partial charge in [0.2, 0.25) is 5.88 Å². The van der Waals surface area contributed by atoms with Crippen LogP contribution in [0.5, 0.6) is 5.88 Å². The summed E-state index contributed by atoms with van der Waals surface area (Å²) in [5, 5.41) is -0.336. The van der Waals surface area contributed by atoms with E-state index in [9.17, 15) is 13.2 Å². The zero-order valence-electron chi connectivity index (χ0n) is 23.2. The number of nitrogens with one attached hydrogen (secondary N) is 1. The summed E-state index contributed by atoms with van der Waals surface area (Å²) in [6, 6.07) is 11.1. The molecule has 0 spiro atoms. The Morgan fingerprint density at radius 2 is 1.90 bits per heavy atom. The number of sulfonamides is 1. The molecule has 0 aromatic carbocycles. The van der Waals surface area contributed by atoms with Gasteiger partial charge in [-0.2, -0.15) is 8.42 Å². The molecule has 4 rings (SSSR count). The van der Waals surface area contributed by atoms with E-state index in [2.05, 4.69) is 61.1 Å². The SMILES string of the molecule is C[C@@H]1CN(c2nc(-c3ccc(OCC(C)(C)C)nc3)ccc2C(=O)NS(=O)(=O)c2cccc(N)n2)C(C)(C)C1. The predicted octanol–water partition coefficient (Wildman–Crippen LogP) is 4.29. The van der Waals surface area contributed by atoms with E-state index in [4.69, 9.17) is 15.5 Å². The van der Waals surface area contributed by atoms with Crippen molar-refractivity contribution in [1.82, 2.24) is 19.7 Å². The second-order valence-corrected chi connectivity index (χ2v) is 13.5. The molecule has 1 amide bonds. The highest BCUT2D eigenvalue weighted by atomic mass is 32.2. The predicted molar refractivity (Wildman–Crippen MR) is 151 cm³/mol. The number of pyridine rings is 3. The van der Waals surface area contributed by atoms with Crippen molar-refractivity contribution < 1.29 is 17.9 Å². The summed E-state index contributed by atoms with van der Waals surface area (Å²) in [5.74, 6) is 0.520. The van der Waals surface area contributed by atoms with E-state index >= 15 is 0 Å². The average Bonchev–Trinajstić information content (AvgIpc) is 3.13. The Kier molecular flexibility index (Phi) is 7.57. The van der Waals surface area contributed by atoms with Crippen molar-refractivity contribution in [3.8, 4) is 17.1 Å². The summed E-state index contributed by atoms with van der Waals surface area (Å²) < 4.78 is 33.7. The highest BCUT2D eigenvalue weighted by Crippen LogP contribution is 2.38. The van der Waals surface area contributed by atoms with Crippen LogP contribution in [0.4, 0.5) is 11.6 Å². The Hall–Kier alpha value is -3.73. The fourth-order valence-corrected chi connectivity index (χ4v) is 5.61. The van der Waals surface area contributed by atoms with Crippen LogP contribution in [0.2, 0.25) is 0 Å². The van der Waals surface area contributed by atoms with Crippen LogP contribution in [0.3, 0.4) is 0 Å². The molecule has 0 aliphatic carbocycles. The fourth-order valence-electron chi connectivity index (χ4n) is 4.67. The minimum atomic E-state index is -4.25. The van der Waals surface area contributed by atoms with Crippen molar-refractivity contribution in [2.45, 2.75) is 58.5 Å². The van der Waals surface area contributed by atoms with Gasteiger partial charge >= 0.3 is 0 Å². The molecule has 0 unspecified atom stereocenters. The molecule has 3 aromatic heterocycles. The number of ether oxygens (including phenoxy) is 1. The van der Waals surface area contributed by atoms with Crippen molar-refractivity contribution >= 4 is 27.6 Å². The molecule has 0 saturated carbocycles. The number of nitrogens with two attached hydrogens (primary N) is 1. The van der Waals surface area contributed by atoms with Gasteiger partial charge in [-0.05, 0) is 61.9 Å². The number of carbonyl (C=O) groups is 1. The molecule has 1 aliphatic heterocycles. The Balaban J connectivity index is 1.69. The van der Waals surface area contributed by atoms with E-state index < -0.39 is 15.9 Å². The zero-order chi connectivity index (χ0) is 28.6. The Morgan fingerprint density at radius 1 is 1.15 bits per heavy atom. The van der Waals surface area contributed by atoms with Gasteiger partial charge in [0.05, 0.1) is 17.9 Å². The Labute approximate surface area is 230 Å². The van der Waals surface area contributed by atoms with Crippen LogP contribution in [0.1, 0.15) is 58.3 Å². The van der Waals surface area contributed by atoms with E-state index in [0.29, 0.717) is 36.5 Å². The number of amides is 1. The molecule has 3 N–H and O–H groups in total. The number of aromatic nitrogens is 3. The first kappa shape index (κ1) is 28.3. The standard InChI is InChI=1S/C28H36N6O4S/c1-18-14-28(5,6)34(16-18)25-20(26(35)33-39(36,37)24-9-7-8-22(29)32-24)11-12-21(31-25)19-10-13-23(30-15-19)38-17-27(2,3)4/h7-13,15,18H,14,16-17H2,1-6H3,(H2,29,32)(H,33,35)/t18-/m0/s1. The molecule has 1 fully saturated rings. The Bertz CT molecular complexity index is 1470. The molecule has 208 valence electrons. The van der Waals surface area contributed by atoms with Crippen LogP contribution in [0, 0.1) is 11.3 Å². The Morgan fingerprint density at radius 3 is 2.49 bits per heavy atom. The molecule has 10 nitrogen and oxygen atoms in total. The van der Waals surface area contributed by atoms with Crippen LogP contribution in [0.25, 0.3) is 11.3 Å². The van der Waals surface area contributed by atoms with Gasteiger partial charge in [0.25, 0.3) is 15.9 Å². The topological polar surface area (TPSA) is 140 Å². The maximum absolute atomic E-state index is 13.4. The number of nitrogen functional groups attached to an aromatic ring is 1. The molecule has 1 aliphatic rings. The molecule has 1 saturated heterocycles. The van der Waals surface area contributed by atoms with Gasteiger partial charge in [0.15, 0.2) is 5.03 Å². The number of hydrogen-bond acceptors (Lipinski definition) is 9. The highest BCUT2D eigenvalue weighted by Gasteiger charge is 2.39. The molecule has 11 heteroatoms. The maximum atomic E-state index is 13.4. The van der Waals surface area contributed by atoms with Gasteiger partial charge in [0.1, 0.15) is 11.6 Å². The number of carbonyl (C=O) groups excluding carboxylic acids is 1. The lowest BCUT2D eigenvalue weighted by molar-refractivity contribution is 0.0981. The van der Waals surface area contributed by atoms with Crippen molar-refractivity contribution in [3.05, 3.63) is 54.2 Å². The van der Waals surface area contributed by atoms with Gasteiger partial charge in [-0.3, -0.25) is 4.79 Å². The first-order valence-electron chi connectivity index (χ1n) is 12.8. The summed E-state index contributed by atoms with van der Waals surface area (Å²) in [5.41, 5.74) is 6.85. The summed E-state index contributed by atoms with van der Waals surface area (Å²) in [7, 11) is -4.25. The molecule has 39 heavy (non-hydrogen) atoms. The van der Waals surface area contributed by atoms with Gasteiger partial charge in [-0.25, -0.2) is 19.7 Å². The number of anilines is 2. The molecular weight excluding hydrogens is 516 g/mol. The molecule has 4 heterocycles. The van der Waals surface area contributed by atoms with Crippen LogP contribution < -0.4 is 20.1 Å². The third-order valence-corrected chi connectivity index (χ3v) is 7.61. The van der Waals surface area contributed by atoms with Crippen molar-refractivity contribution in [3.63, 3.8) is 0 Å². The molecule has 3 aromatic rings. The van der Waals surface area contributed by atoms with E-state index in [1.54, 1.807) is 24.4 Å². The van der Waals surface area contributed by atoms with Crippen LogP contribution in [-0.2, 0) is 10.0 Å². The number of nitrogens with zero attached hydrogens (tertiary/aromatic N) is 4. The van der Waals surface area contributed by atoms with Crippen molar-refractivity contribution in [1.29, 1.82) is 0 Å². The second kappa shape index (κ2) is 10.4. The molecule has 0 bridgehead atoms. The summed E-state index contributed by atoms with van der Waals surface area (Å²) in [4.78, 5) is 28.6. The summed E-state index contributed by atoms with van der Waals surface area (Å²) in [6.07, 6.45) is 2.57. The van der Waals surface area contributed by atoms with E-state index in [1.807, 2.05) is 6.07 Å². The molecular formula is C28H36N6O4S. The van der Waals surface area contributed by atoms with Gasteiger partial charge in [-0.1, -0.05) is 33.8 Å². The van der Waals surface area contributed by atoms with Gasteiger partial charge in [0, 0.05) is 29.9 Å². The first-order valence-corrected chi connectivity index (χ1v) is 14.3. The van der Waals surface area contributed by atoms with Crippen molar-refractivity contribution in [2.24, 2.45) is 11.3 Å². The minimum Gasteiger partial charge on any atom is -0.477 e. The summed E-state index contributed by atoms with van der Waals surface area (Å²) in [6.45, 7) is 13.8. The van der Waals surface area contributed by atoms with Gasteiger partial charge in [-0.15, -0.1) is 0 Å². The van der Waals surface area contributed by atoms with E-state index in [0.717, 1.165) is 12.0 Å². The maximum Gasteiger partial charge on any atom is 0.281 e. The average molecular weight is 553 g/mol. The minimum absolute atomic E-state index is 0.00351. The lowest BCUT2D eigenvalue weighted by Gasteiger charge is -2.34. The van der Waals surface area contributed by atoms with Crippen LogP contribution in [-0.4, -0.2) is 48.0 Å². The lowest BCUT2D eigenvalue weighted by atomic mass is 9.97. The first-order chi connectivity index (χ1) is 18.1. The van der Waals surface area contributed by atoms with Gasteiger partial charge < -0.3 is 15.4 Å². The van der Waals surface area contributed by atoms with Crippen LogP contribution >= 0.6 is 0 Å². The summed E-state index contributed by atoms with van der Waals surface area (Å²) >= 11 is 0. The molecule has 1 atom stereocenters. The van der Waals surface area contributed by atoms with E-state index in [-0.39, 0.29) is 27.4 Å². The normalized spacial score (nSPS) is 17.2. The fraction of sp³-hybridized carbons (Fsp3) is 0.429. The third-order valence-electron chi connectivity index (χ3n) is 6.38. The van der Waals surface area contributed by atoms with Crippen molar-refractivity contribution in [2.75, 3.05) is 23.8 Å².